The van der Waals surface area contributed by atoms with Crippen molar-refractivity contribution < 1.29 is 24.7 Å². The first-order chi connectivity index (χ1) is 18.1. The molecule has 0 atom stereocenters. The number of aromatic amines is 1. The molecule has 38 heavy (non-hydrogen) atoms. The molecule has 0 unspecified atom stereocenters. The Morgan fingerprint density at radius 2 is 1.66 bits per heavy atom. The van der Waals surface area contributed by atoms with E-state index in [1.54, 1.807) is 19.1 Å². The van der Waals surface area contributed by atoms with Crippen LogP contribution in [0, 0.1) is 27.4 Å². The summed E-state index contributed by atoms with van der Waals surface area (Å²) in [4.78, 5) is 47.5. The number of carboxylic acid groups (broad SMARTS) is 2. The standard InChI is InChI=1S/C18H10N4O3.C9H10O4/c19-10-11-9-16-17(14-3-1-2-4-15(14)20-16)21(18(11)23)12-5-7-13(8-6-12)22(24)25;1-5-2-6(8(10)11)4-7(3-5)9(12)13/h1-9,20H;2-3,5H,4H2,1H3,(H,10,11)(H,12,13). The number of nitrogens with one attached hydrogen (secondary N) is 1. The first-order valence-electron chi connectivity index (χ1n) is 11.3. The summed E-state index contributed by atoms with van der Waals surface area (Å²) >= 11 is 0. The molecular formula is C27H20N4O7. The van der Waals surface area contributed by atoms with Gasteiger partial charge in [0.2, 0.25) is 0 Å². The lowest BCUT2D eigenvalue weighted by Gasteiger charge is -2.12. The zero-order valence-corrected chi connectivity index (χ0v) is 19.9. The zero-order chi connectivity index (χ0) is 27.6. The fourth-order valence-corrected chi connectivity index (χ4v) is 4.27. The highest BCUT2D eigenvalue weighted by Crippen LogP contribution is 2.27. The van der Waals surface area contributed by atoms with E-state index in [0.29, 0.717) is 16.7 Å². The Bertz CT molecular complexity index is 1740. The first-order valence-corrected chi connectivity index (χ1v) is 11.3. The number of H-pyrrole nitrogens is 1. The number of hydrogen-bond acceptors (Lipinski definition) is 6. The second-order valence-electron chi connectivity index (χ2n) is 8.55. The van der Waals surface area contributed by atoms with Gasteiger partial charge >= 0.3 is 11.9 Å². The number of nitro benzene ring substituents is 1. The maximum Gasteiger partial charge on any atom is 0.331 e. The van der Waals surface area contributed by atoms with Crippen molar-refractivity contribution in [3.8, 4) is 11.8 Å². The number of carboxylic acids is 2. The topological polar surface area (TPSA) is 179 Å². The second-order valence-corrected chi connectivity index (χ2v) is 8.55. The van der Waals surface area contributed by atoms with Crippen LogP contribution in [0.25, 0.3) is 27.6 Å². The fourth-order valence-electron chi connectivity index (χ4n) is 4.27. The molecule has 0 bridgehead atoms. The largest absolute Gasteiger partial charge is 0.478 e. The molecule has 11 nitrogen and oxygen atoms in total. The molecule has 0 saturated carbocycles. The van der Waals surface area contributed by atoms with Crippen LogP contribution in [0.2, 0.25) is 0 Å². The molecule has 0 aliphatic heterocycles. The smallest absolute Gasteiger partial charge is 0.331 e. The number of carbonyl (C=O) groups is 2. The van der Waals surface area contributed by atoms with Gasteiger partial charge in [0.1, 0.15) is 11.6 Å². The van der Waals surface area contributed by atoms with Crippen LogP contribution in [0.5, 0.6) is 0 Å². The number of allylic oxidation sites excluding steroid dienone is 2. The summed E-state index contributed by atoms with van der Waals surface area (Å²) in [5.74, 6) is -2.21. The molecule has 0 amide bonds. The van der Waals surface area contributed by atoms with Gasteiger partial charge in [0.15, 0.2) is 0 Å². The van der Waals surface area contributed by atoms with E-state index in [0.717, 1.165) is 10.9 Å². The van der Waals surface area contributed by atoms with E-state index in [9.17, 15) is 29.8 Å². The molecule has 3 N–H and O–H groups in total. The van der Waals surface area contributed by atoms with Crippen LogP contribution in [0.1, 0.15) is 18.9 Å². The molecule has 5 rings (SSSR count). The minimum Gasteiger partial charge on any atom is -0.478 e. The van der Waals surface area contributed by atoms with Crippen LogP contribution >= 0.6 is 0 Å². The van der Waals surface area contributed by atoms with E-state index in [1.807, 2.05) is 30.3 Å². The number of aliphatic carboxylic acids is 2. The van der Waals surface area contributed by atoms with Gasteiger partial charge in [-0.05, 0) is 30.2 Å². The summed E-state index contributed by atoms with van der Waals surface area (Å²) in [5, 5.41) is 38.3. The number of nitrogens with zero attached hydrogens (tertiary/aromatic N) is 3. The van der Waals surface area contributed by atoms with Crippen molar-refractivity contribution >= 4 is 39.6 Å². The van der Waals surface area contributed by atoms with Crippen molar-refractivity contribution in [2.24, 2.45) is 5.92 Å². The van der Waals surface area contributed by atoms with Crippen LogP contribution in [0.3, 0.4) is 0 Å². The van der Waals surface area contributed by atoms with Crippen LogP contribution in [-0.2, 0) is 9.59 Å². The molecule has 0 fully saturated rings. The molecule has 11 heteroatoms. The Labute approximate surface area is 214 Å². The van der Waals surface area contributed by atoms with Crippen LogP contribution in [-0.4, -0.2) is 36.6 Å². The third kappa shape index (κ3) is 4.91. The van der Waals surface area contributed by atoms with E-state index in [1.165, 1.54) is 34.9 Å². The van der Waals surface area contributed by atoms with Crippen LogP contribution < -0.4 is 5.56 Å². The van der Waals surface area contributed by atoms with Gasteiger partial charge in [-0.25, -0.2) is 9.59 Å². The number of nitriles is 1. The molecule has 0 radical (unpaired) electrons. The van der Waals surface area contributed by atoms with Crippen molar-refractivity contribution in [3.63, 3.8) is 0 Å². The lowest BCUT2D eigenvalue weighted by molar-refractivity contribution is -0.384. The lowest BCUT2D eigenvalue weighted by atomic mass is 9.92. The van der Waals surface area contributed by atoms with E-state index >= 15 is 0 Å². The third-order valence-electron chi connectivity index (χ3n) is 5.95. The van der Waals surface area contributed by atoms with Gasteiger partial charge in [-0.2, -0.15) is 5.26 Å². The van der Waals surface area contributed by atoms with Gasteiger partial charge in [-0.3, -0.25) is 19.5 Å². The maximum absolute atomic E-state index is 12.8. The Hall–Kier alpha value is -5.50. The molecule has 190 valence electrons. The van der Waals surface area contributed by atoms with E-state index < -0.39 is 22.4 Å². The molecule has 1 aliphatic carbocycles. The first kappa shape index (κ1) is 25.6. The molecule has 2 aromatic heterocycles. The van der Waals surface area contributed by atoms with Gasteiger partial charge in [0.25, 0.3) is 11.2 Å². The third-order valence-corrected chi connectivity index (χ3v) is 5.95. The number of aromatic nitrogens is 2. The number of nitro groups is 1. The number of para-hydroxylation sites is 1. The summed E-state index contributed by atoms with van der Waals surface area (Å²) in [6.45, 7) is 1.76. The van der Waals surface area contributed by atoms with E-state index in [4.69, 9.17) is 10.2 Å². The second kappa shape index (κ2) is 10.2. The number of pyridine rings is 1. The average molecular weight is 512 g/mol. The van der Waals surface area contributed by atoms with Crippen molar-refractivity contribution in [1.29, 1.82) is 5.26 Å². The Morgan fingerprint density at radius 1 is 1.05 bits per heavy atom. The molecule has 0 saturated heterocycles. The number of fused-ring (bicyclic) bond motifs is 3. The number of hydrogen-bond donors (Lipinski definition) is 3. The number of benzene rings is 2. The van der Waals surface area contributed by atoms with Gasteiger partial charge in [0.05, 0.1) is 16.0 Å². The summed E-state index contributed by atoms with van der Waals surface area (Å²) in [7, 11) is 0. The highest BCUT2D eigenvalue weighted by Gasteiger charge is 2.20. The van der Waals surface area contributed by atoms with E-state index in [-0.39, 0.29) is 34.7 Å². The van der Waals surface area contributed by atoms with Crippen LogP contribution in [0.4, 0.5) is 5.69 Å². The maximum atomic E-state index is 12.8. The minimum atomic E-state index is -1.04. The number of rotatable bonds is 4. The van der Waals surface area contributed by atoms with Gasteiger partial charge in [-0.15, -0.1) is 0 Å². The predicted molar refractivity (Wildman–Crippen MR) is 138 cm³/mol. The number of non-ortho nitro benzene ring substituents is 1. The van der Waals surface area contributed by atoms with Gasteiger partial charge < -0.3 is 15.2 Å². The molecule has 4 aromatic rings. The highest BCUT2D eigenvalue weighted by atomic mass is 16.6. The van der Waals surface area contributed by atoms with Crippen molar-refractivity contribution in [2.45, 2.75) is 13.3 Å². The minimum absolute atomic E-state index is 0.00240. The van der Waals surface area contributed by atoms with Gasteiger partial charge in [0, 0.05) is 46.3 Å². The average Bonchev–Trinajstić information content (AvgIpc) is 3.26. The molecule has 0 spiro atoms. The monoisotopic (exact) mass is 512 g/mol. The van der Waals surface area contributed by atoms with Crippen LogP contribution in [0.15, 0.2) is 82.7 Å². The molecular weight excluding hydrogens is 492 g/mol. The quantitative estimate of drug-likeness (QED) is 0.267. The van der Waals surface area contributed by atoms with Crippen molar-refractivity contribution in [2.75, 3.05) is 0 Å². The molecule has 1 aliphatic rings. The summed E-state index contributed by atoms with van der Waals surface area (Å²) < 4.78 is 1.41. The Balaban J connectivity index is 0.000000219. The molecule has 2 aromatic carbocycles. The van der Waals surface area contributed by atoms with Crippen molar-refractivity contribution in [3.05, 3.63) is 104 Å². The summed E-state index contributed by atoms with van der Waals surface area (Å²) in [6.07, 6.45) is 3.14. The van der Waals surface area contributed by atoms with Crippen molar-refractivity contribution in [1.82, 2.24) is 9.55 Å². The normalized spacial score (nSPS) is 13.2. The zero-order valence-electron chi connectivity index (χ0n) is 19.9. The molecule has 2 heterocycles. The SMILES string of the molecule is CC1C=C(C(=O)O)CC(C(=O)O)=C1.N#Cc1cc2[nH]c3ccccc3c2n(-c2ccc([N+](=O)[O-])cc2)c1=O. The highest BCUT2D eigenvalue weighted by molar-refractivity contribution is 6.06. The summed E-state index contributed by atoms with van der Waals surface area (Å²) in [5.41, 5.74) is 2.36. The fraction of sp³-hybridized carbons (Fsp3) is 0.111. The van der Waals surface area contributed by atoms with E-state index in [2.05, 4.69) is 4.98 Å². The summed E-state index contributed by atoms with van der Waals surface area (Å²) in [6, 6.07) is 16.6. The Morgan fingerprint density at radius 3 is 2.21 bits per heavy atom. The lowest BCUT2D eigenvalue weighted by Crippen LogP contribution is -2.21. The Kier molecular flexibility index (Phi) is 6.89. The predicted octanol–water partition coefficient (Wildman–Crippen LogP) is 4.30. The van der Waals surface area contributed by atoms with Gasteiger partial charge in [-0.1, -0.05) is 37.3 Å².